The zero-order chi connectivity index (χ0) is 9.26. The molecule has 4 heteroatoms. The first kappa shape index (κ1) is 7.67. The molecule has 0 radical (unpaired) electrons. The van der Waals surface area contributed by atoms with E-state index in [1.807, 2.05) is 0 Å². The van der Waals surface area contributed by atoms with Crippen LogP contribution in [0.5, 0.6) is 0 Å². The number of H-pyrrole nitrogens is 1. The van der Waals surface area contributed by atoms with Crippen molar-refractivity contribution in [3.8, 4) is 11.3 Å². The number of hydrogen-bond donors (Lipinski definition) is 2. The van der Waals surface area contributed by atoms with Gasteiger partial charge in [-0.2, -0.15) is 5.16 Å². The quantitative estimate of drug-likeness (QED) is 0.641. The highest BCUT2D eigenvalue weighted by Gasteiger charge is 2.01. The van der Waals surface area contributed by atoms with Gasteiger partial charge in [0.2, 0.25) is 0 Å². The second-order valence-electron chi connectivity index (χ2n) is 2.70. The Morgan fingerprint density at radius 2 is 1.92 bits per heavy atom. The summed E-state index contributed by atoms with van der Waals surface area (Å²) in [7, 11) is 0. The molecule has 2 aromatic rings. The Bertz CT molecular complexity index is 453. The van der Waals surface area contributed by atoms with Gasteiger partial charge in [0.25, 0.3) is 5.56 Å². The van der Waals surface area contributed by atoms with E-state index in [9.17, 15) is 4.79 Å². The minimum atomic E-state index is -0.244. The van der Waals surface area contributed by atoms with Crippen LogP contribution in [-0.2, 0) is 0 Å². The van der Waals surface area contributed by atoms with E-state index >= 15 is 0 Å². The van der Waals surface area contributed by atoms with E-state index in [0.717, 1.165) is 5.56 Å². The SMILES string of the molecule is Nc1ccc(-c2cc(=O)[nH]o2)cc1. The van der Waals surface area contributed by atoms with Crippen LogP contribution in [0.1, 0.15) is 0 Å². The largest absolute Gasteiger partial charge is 0.399 e. The Balaban J connectivity index is 2.47. The number of rotatable bonds is 1. The Morgan fingerprint density at radius 1 is 1.23 bits per heavy atom. The molecular weight excluding hydrogens is 168 g/mol. The third kappa shape index (κ3) is 1.46. The van der Waals surface area contributed by atoms with Gasteiger partial charge in [0.1, 0.15) is 0 Å². The number of nitrogen functional groups attached to an aromatic ring is 1. The molecule has 0 saturated carbocycles. The Kier molecular flexibility index (Phi) is 1.66. The lowest BCUT2D eigenvalue weighted by Gasteiger charge is -1.95. The van der Waals surface area contributed by atoms with E-state index in [1.165, 1.54) is 6.07 Å². The molecule has 0 saturated heterocycles. The van der Waals surface area contributed by atoms with Crippen LogP contribution >= 0.6 is 0 Å². The third-order valence-electron chi connectivity index (χ3n) is 1.72. The van der Waals surface area contributed by atoms with Gasteiger partial charge in [-0.05, 0) is 24.3 Å². The van der Waals surface area contributed by atoms with Crippen LogP contribution in [0.2, 0.25) is 0 Å². The van der Waals surface area contributed by atoms with E-state index in [1.54, 1.807) is 24.3 Å². The molecule has 3 N–H and O–H groups in total. The van der Waals surface area contributed by atoms with Crippen LogP contribution in [0.25, 0.3) is 11.3 Å². The summed E-state index contributed by atoms with van der Waals surface area (Å²) < 4.78 is 4.91. The number of aromatic nitrogens is 1. The number of hydrogen-bond acceptors (Lipinski definition) is 3. The first-order valence-corrected chi connectivity index (χ1v) is 3.80. The molecule has 0 aliphatic rings. The van der Waals surface area contributed by atoms with Crippen molar-refractivity contribution in [2.45, 2.75) is 0 Å². The molecular formula is C9H8N2O2. The zero-order valence-electron chi connectivity index (χ0n) is 6.78. The fourth-order valence-electron chi connectivity index (χ4n) is 1.07. The minimum Gasteiger partial charge on any atom is -0.399 e. The van der Waals surface area contributed by atoms with Crippen molar-refractivity contribution in [3.63, 3.8) is 0 Å². The van der Waals surface area contributed by atoms with Crippen LogP contribution in [0.15, 0.2) is 39.6 Å². The van der Waals surface area contributed by atoms with E-state index in [0.29, 0.717) is 11.4 Å². The second kappa shape index (κ2) is 2.82. The van der Waals surface area contributed by atoms with Gasteiger partial charge in [-0.15, -0.1) is 0 Å². The van der Waals surface area contributed by atoms with Gasteiger partial charge in [0, 0.05) is 11.3 Å². The molecule has 0 amide bonds. The predicted molar refractivity (Wildman–Crippen MR) is 49.2 cm³/mol. The standard InChI is InChI=1S/C9H8N2O2/c10-7-3-1-6(2-4-7)8-5-9(12)11-13-8/h1-5H,10H2,(H,11,12). The number of aromatic amines is 1. The predicted octanol–water partition coefficient (Wildman–Crippen LogP) is 1.22. The maximum absolute atomic E-state index is 10.8. The molecule has 13 heavy (non-hydrogen) atoms. The molecule has 0 atom stereocenters. The topological polar surface area (TPSA) is 72.0 Å². The van der Waals surface area contributed by atoms with Crippen molar-refractivity contribution in [1.29, 1.82) is 0 Å². The first-order valence-electron chi connectivity index (χ1n) is 3.80. The van der Waals surface area contributed by atoms with E-state index < -0.39 is 0 Å². The molecule has 0 aliphatic heterocycles. The highest BCUT2D eigenvalue weighted by atomic mass is 16.5. The fraction of sp³-hybridized carbons (Fsp3) is 0. The summed E-state index contributed by atoms with van der Waals surface area (Å²) in [5, 5.41) is 2.22. The number of benzene rings is 1. The molecule has 0 bridgehead atoms. The lowest BCUT2D eigenvalue weighted by Crippen LogP contribution is -1.92. The van der Waals surface area contributed by atoms with Gasteiger partial charge in [0.15, 0.2) is 5.76 Å². The van der Waals surface area contributed by atoms with Crippen LogP contribution in [-0.4, -0.2) is 5.16 Å². The highest BCUT2D eigenvalue weighted by molar-refractivity contribution is 5.59. The van der Waals surface area contributed by atoms with Crippen LogP contribution in [0, 0.1) is 0 Å². The lowest BCUT2D eigenvalue weighted by atomic mass is 10.1. The van der Waals surface area contributed by atoms with Gasteiger partial charge < -0.3 is 10.3 Å². The van der Waals surface area contributed by atoms with Gasteiger partial charge >= 0.3 is 0 Å². The molecule has 1 heterocycles. The van der Waals surface area contributed by atoms with Crippen LogP contribution in [0.3, 0.4) is 0 Å². The van der Waals surface area contributed by atoms with E-state index in [-0.39, 0.29) is 5.56 Å². The van der Waals surface area contributed by atoms with Crippen molar-refractivity contribution in [2.24, 2.45) is 0 Å². The van der Waals surface area contributed by atoms with Gasteiger partial charge in [-0.1, -0.05) is 0 Å². The Morgan fingerprint density at radius 3 is 2.46 bits per heavy atom. The summed E-state index contributed by atoms with van der Waals surface area (Å²) in [5.74, 6) is 0.519. The summed E-state index contributed by atoms with van der Waals surface area (Å²) in [5.41, 5.74) is 6.77. The average Bonchev–Trinajstić information content (AvgIpc) is 2.53. The lowest BCUT2D eigenvalue weighted by molar-refractivity contribution is 0.426. The summed E-state index contributed by atoms with van der Waals surface area (Å²) in [4.78, 5) is 10.8. The number of nitrogens with one attached hydrogen (secondary N) is 1. The smallest absolute Gasteiger partial charge is 0.280 e. The van der Waals surface area contributed by atoms with E-state index in [2.05, 4.69) is 5.16 Å². The molecule has 1 aromatic carbocycles. The van der Waals surface area contributed by atoms with Crippen molar-refractivity contribution in [2.75, 3.05) is 5.73 Å². The maximum atomic E-state index is 10.8. The zero-order valence-corrected chi connectivity index (χ0v) is 6.78. The summed E-state index contributed by atoms with van der Waals surface area (Å²) >= 11 is 0. The maximum Gasteiger partial charge on any atom is 0.280 e. The molecule has 0 spiro atoms. The molecule has 0 fully saturated rings. The third-order valence-corrected chi connectivity index (χ3v) is 1.72. The Labute approximate surface area is 74.0 Å². The van der Waals surface area contributed by atoms with Crippen LogP contribution in [0.4, 0.5) is 5.69 Å². The normalized spacial score (nSPS) is 10.2. The molecule has 66 valence electrons. The summed E-state index contributed by atoms with van der Waals surface area (Å²) in [6.45, 7) is 0. The highest BCUT2D eigenvalue weighted by Crippen LogP contribution is 2.17. The van der Waals surface area contributed by atoms with Gasteiger partial charge in [-0.25, -0.2) is 0 Å². The van der Waals surface area contributed by atoms with Gasteiger partial charge in [-0.3, -0.25) is 4.79 Å². The molecule has 0 unspecified atom stereocenters. The van der Waals surface area contributed by atoms with Crippen molar-refractivity contribution < 1.29 is 4.52 Å². The van der Waals surface area contributed by atoms with E-state index in [4.69, 9.17) is 10.3 Å². The number of anilines is 1. The average molecular weight is 176 g/mol. The van der Waals surface area contributed by atoms with Crippen LogP contribution < -0.4 is 11.3 Å². The van der Waals surface area contributed by atoms with Gasteiger partial charge in [0.05, 0.1) is 6.07 Å². The first-order chi connectivity index (χ1) is 6.25. The second-order valence-corrected chi connectivity index (χ2v) is 2.70. The fourth-order valence-corrected chi connectivity index (χ4v) is 1.07. The molecule has 1 aromatic heterocycles. The summed E-state index contributed by atoms with van der Waals surface area (Å²) in [6, 6.07) is 8.49. The monoisotopic (exact) mass is 176 g/mol. The van der Waals surface area contributed by atoms with Crippen molar-refractivity contribution in [1.82, 2.24) is 5.16 Å². The van der Waals surface area contributed by atoms with Crippen molar-refractivity contribution in [3.05, 3.63) is 40.7 Å². The number of nitrogens with two attached hydrogens (primary N) is 1. The molecule has 2 rings (SSSR count). The molecule has 0 aliphatic carbocycles. The minimum absolute atomic E-state index is 0.244. The van der Waals surface area contributed by atoms with Crippen molar-refractivity contribution >= 4 is 5.69 Å². The Hall–Kier alpha value is -1.97. The molecule has 4 nitrogen and oxygen atoms in total. The summed E-state index contributed by atoms with van der Waals surface area (Å²) in [6.07, 6.45) is 0.